The summed E-state index contributed by atoms with van der Waals surface area (Å²) >= 11 is 0. The second-order valence-electron chi connectivity index (χ2n) is 4.45. The zero-order chi connectivity index (χ0) is 11.9. The maximum atomic E-state index is 9.30. The smallest absolute Gasteiger partial charge is 0.107 e. The van der Waals surface area contributed by atoms with Gasteiger partial charge in [-0.1, -0.05) is 31.3 Å². The number of azide groups is 1. The topological polar surface area (TPSA) is 84.6 Å². The molecule has 1 N–H and O–H groups in total. The first-order chi connectivity index (χ1) is 7.76. The summed E-state index contributed by atoms with van der Waals surface area (Å²) in [4.78, 5) is 2.70. The summed E-state index contributed by atoms with van der Waals surface area (Å²) in [6.45, 7) is 3.18. The summed E-state index contributed by atoms with van der Waals surface area (Å²) < 4.78 is 0. The summed E-state index contributed by atoms with van der Waals surface area (Å²) in [5.41, 5.74) is 7.79. The van der Waals surface area contributed by atoms with E-state index in [1.54, 1.807) is 0 Å². The van der Waals surface area contributed by atoms with Gasteiger partial charge < -0.3 is 0 Å². The number of hydrogen-bond acceptors (Lipinski definition) is 3. The fraction of sp³-hybridized carbons (Fsp3) is 0.909. The van der Waals surface area contributed by atoms with Crippen LogP contribution in [0.15, 0.2) is 5.11 Å². The van der Waals surface area contributed by atoms with E-state index in [0.29, 0.717) is 19.0 Å². The van der Waals surface area contributed by atoms with Crippen LogP contribution < -0.4 is 5.32 Å². The van der Waals surface area contributed by atoms with Crippen LogP contribution in [-0.2, 0) is 0 Å². The highest BCUT2D eigenvalue weighted by Gasteiger charge is 2.35. The molecule has 5 heteroatoms. The summed E-state index contributed by atoms with van der Waals surface area (Å²) in [6.07, 6.45) is 5.33. The van der Waals surface area contributed by atoms with Gasteiger partial charge in [-0.15, -0.1) is 0 Å². The van der Waals surface area contributed by atoms with Gasteiger partial charge in [0.25, 0.3) is 0 Å². The molecule has 2 unspecified atom stereocenters. The predicted molar refractivity (Wildman–Crippen MR) is 62.6 cm³/mol. The van der Waals surface area contributed by atoms with Crippen LogP contribution in [0.25, 0.3) is 10.4 Å². The van der Waals surface area contributed by atoms with Crippen molar-refractivity contribution in [2.24, 2.45) is 11.0 Å². The fourth-order valence-corrected chi connectivity index (χ4v) is 2.43. The van der Waals surface area contributed by atoms with Crippen LogP contribution in [0, 0.1) is 17.2 Å². The molecule has 1 fully saturated rings. The Balaban J connectivity index is 2.49. The van der Waals surface area contributed by atoms with Crippen molar-refractivity contribution in [1.82, 2.24) is 5.32 Å². The van der Waals surface area contributed by atoms with Gasteiger partial charge in [0.2, 0.25) is 0 Å². The van der Waals surface area contributed by atoms with Gasteiger partial charge in [0.05, 0.1) is 6.07 Å². The first kappa shape index (κ1) is 12.8. The normalized spacial score (nSPS) is 29.1. The maximum absolute atomic E-state index is 9.30. The highest BCUT2D eigenvalue weighted by Crippen LogP contribution is 2.33. The van der Waals surface area contributed by atoms with Crippen molar-refractivity contribution in [3.8, 4) is 6.07 Å². The second-order valence-corrected chi connectivity index (χ2v) is 4.45. The SMILES string of the molecule is CCC1CCCC(C#N)(NCCN=[N+]=[N-])C1. The Hall–Kier alpha value is -1.24. The van der Waals surface area contributed by atoms with Gasteiger partial charge >= 0.3 is 0 Å². The van der Waals surface area contributed by atoms with E-state index in [9.17, 15) is 5.26 Å². The molecule has 0 aromatic rings. The largest absolute Gasteiger partial charge is 0.299 e. The molecule has 0 aromatic carbocycles. The number of nitrogens with one attached hydrogen (secondary N) is 1. The van der Waals surface area contributed by atoms with Gasteiger partial charge in [0.15, 0.2) is 0 Å². The Labute approximate surface area is 96.5 Å². The van der Waals surface area contributed by atoms with Crippen LogP contribution in [0.5, 0.6) is 0 Å². The van der Waals surface area contributed by atoms with Crippen molar-refractivity contribution in [2.75, 3.05) is 13.1 Å². The highest BCUT2D eigenvalue weighted by atomic mass is 15.1. The van der Waals surface area contributed by atoms with E-state index in [1.165, 1.54) is 6.42 Å². The third-order valence-electron chi connectivity index (χ3n) is 3.38. The average Bonchev–Trinajstić information content (AvgIpc) is 2.35. The van der Waals surface area contributed by atoms with Gasteiger partial charge in [-0.2, -0.15) is 5.26 Å². The molecule has 16 heavy (non-hydrogen) atoms. The summed E-state index contributed by atoms with van der Waals surface area (Å²) in [5.74, 6) is 0.653. The van der Waals surface area contributed by atoms with E-state index in [1.807, 2.05) is 0 Å². The van der Waals surface area contributed by atoms with Gasteiger partial charge in [0, 0.05) is 18.0 Å². The third kappa shape index (κ3) is 3.41. The van der Waals surface area contributed by atoms with Crippen molar-refractivity contribution >= 4 is 0 Å². The zero-order valence-electron chi connectivity index (χ0n) is 9.82. The van der Waals surface area contributed by atoms with E-state index in [-0.39, 0.29) is 5.54 Å². The lowest BCUT2D eigenvalue weighted by atomic mass is 9.75. The number of nitriles is 1. The van der Waals surface area contributed by atoms with Crippen LogP contribution >= 0.6 is 0 Å². The Kier molecular flexibility index (Phi) is 5.10. The molecular formula is C11H19N5. The monoisotopic (exact) mass is 221 g/mol. The van der Waals surface area contributed by atoms with Gasteiger partial charge in [-0.3, -0.25) is 5.32 Å². The van der Waals surface area contributed by atoms with E-state index >= 15 is 0 Å². The molecule has 1 saturated carbocycles. The van der Waals surface area contributed by atoms with E-state index in [0.717, 1.165) is 25.7 Å². The predicted octanol–water partition coefficient (Wildman–Crippen LogP) is 2.75. The lowest BCUT2D eigenvalue weighted by molar-refractivity contribution is 0.227. The number of nitrogens with zero attached hydrogens (tertiary/aromatic N) is 4. The van der Waals surface area contributed by atoms with Crippen molar-refractivity contribution in [2.45, 2.75) is 44.6 Å². The van der Waals surface area contributed by atoms with Crippen LogP contribution in [0.1, 0.15) is 39.0 Å². The second kappa shape index (κ2) is 6.37. The molecule has 88 valence electrons. The Morgan fingerprint density at radius 1 is 1.69 bits per heavy atom. The minimum absolute atomic E-state index is 0.385. The summed E-state index contributed by atoms with van der Waals surface area (Å²) in [5, 5.41) is 16.0. The number of hydrogen-bond donors (Lipinski definition) is 1. The first-order valence-electron chi connectivity index (χ1n) is 5.93. The average molecular weight is 221 g/mol. The molecule has 0 bridgehead atoms. The molecule has 0 aliphatic heterocycles. The van der Waals surface area contributed by atoms with Crippen LogP contribution in [0.4, 0.5) is 0 Å². The van der Waals surface area contributed by atoms with Crippen molar-refractivity contribution in [3.05, 3.63) is 10.4 Å². The number of rotatable bonds is 5. The third-order valence-corrected chi connectivity index (χ3v) is 3.38. The minimum atomic E-state index is -0.385. The molecule has 0 radical (unpaired) electrons. The molecule has 0 saturated heterocycles. The minimum Gasteiger partial charge on any atom is -0.299 e. The van der Waals surface area contributed by atoms with Crippen molar-refractivity contribution < 1.29 is 0 Å². The quantitative estimate of drug-likeness (QED) is 0.335. The van der Waals surface area contributed by atoms with Crippen LogP contribution in [0.2, 0.25) is 0 Å². The molecule has 2 atom stereocenters. The summed E-state index contributed by atoms with van der Waals surface area (Å²) in [7, 11) is 0. The van der Waals surface area contributed by atoms with Gasteiger partial charge in [-0.05, 0) is 24.3 Å². The zero-order valence-corrected chi connectivity index (χ0v) is 9.82. The highest BCUT2D eigenvalue weighted by molar-refractivity contribution is 5.09. The van der Waals surface area contributed by atoms with Gasteiger partial charge in [-0.25, -0.2) is 0 Å². The van der Waals surface area contributed by atoms with Crippen molar-refractivity contribution in [1.29, 1.82) is 5.26 Å². The van der Waals surface area contributed by atoms with E-state index in [4.69, 9.17) is 5.53 Å². The molecular weight excluding hydrogens is 202 g/mol. The van der Waals surface area contributed by atoms with E-state index in [2.05, 4.69) is 28.3 Å². The Morgan fingerprint density at radius 3 is 3.12 bits per heavy atom. The summed E-state index contributed by atoms with van der Waals surface area (Å²) in [6, 6.07) is 2.41. The Morgan fingerprint density at radius 2 is 2.50 bits per heavy atom. The molecule has 0 heterocycles. The van der Waals surface area contributed by atoms with Crippen molar-refractivity contribution in [3.63, 3.8) is 0 Å². The molecule has 1 rings (SSSR count). The van der Waals surface area contributed by atoms with Crippen LogP contribution in [-0.4, -0.2) is 18.6 Å². The molecule has 0 amide bonds. The Bertz CT molecular complexity index is 302. The van der Waals surface area contributed by atoms with Gasteiger partial charge in [0.1, 0.15) is 5.54 Å². The maximum Gasteiger partial charge on any atom is 0.107 e. The molecule has 1 aliphatic carbocycles. The van der Waals surface area contributed by atoms with Crippen LogP contribution in [0.3, 0.4) is 0 Å². The molecule has 0 aromatic heterocycles. The standard InChI is InChI=1S/C11H19N5/c1-2-10-4-3-5-11(8-10,9-12)14-6-7-15-16-13/h10,14H,2-8H2,1H3. The van der Waals surface area contributed by atoms with E-state index < -0.39 is 0 Å². The lowest BCUT2D eigenvalue weighted by Gasteiger charge is -2.36. The lowest BCUT2D eigenvalue weighted by Crippen LogP contribution is -2.48. The molecule has 5 nitrogen and oxygen atoms in total. The molecule has 1 aliphatic rings. The fourth-order valence-electron chi connectivity index (χ4n) is 2.43. The molecule has 0 spiro atoms. The first-order valence-corrected chi connectivity index (χ1v) is 5.93.